The first-order valence-corrected chi connectivity index (χ1v) is 5.28. The molecule has 0 aliphatic heterocycles. The molecule has 0 amide bonds. The van der Waals surface area contributed by atoms with E-state index in [1.807, 2.05) is 6.92 Å². The quantitative estimate of drug-likeness (QED) is 0.672. The lowest BCUT2D eigenvalue weighted by atomic mass is 10.0. The standard InChI is InChI=1S/C7H16O3S/c1-4-6-7(3,5-2)11(8,9)10/h4-6H2,1-3H3,(H,8,9,10). The molecule has 0 aromatic rings. The van der Waals surface area contributed by atoms with Gasteiger partial charge in [0.1, 0.15) is 0 Å². The highest BCUT2D eigenvalue weighted by Gasteiger charge is 2.34. The van der Waals surface area contributed by atoms with E-state index in [4.69, 9.17) is 4.55 Å². The molecule has 0 radical (unpaired) electrons. The largest absolute Gasteiger partial charge is 0.285 e. The molecule has 0 spiro atoms. The summed E-state index contributed by atoms with van der Waals surface area (Å²) in [5.74, 6) is 0. The average Bonchev–Trinajstić information content (AvgIpc) is 1.86. The lowest BCUT2D eigenvalue weighted by Gasteiger charge is -2.23. The van der Waals surface area contributed by atoms with Gasteiger partial charge in [-0.3, -0.25) is 4.55 Å². The normalized spacial score (nSPS) is 17.8. The predicted octanol–water partition coefficient (Wildman–Crippen LogP) is 1.84. The maximum Gasteiger partial charge on any atom is 0.270 e. The van der Waals surface area contributed by atoms with Crippen molar-refractivity contribution in [1.82, 2.24) is 0 Å². The van der Waals surface area contributed by atoms with Gasteiger partial charge < -0.3 is 0 Å². The first-order valence-electron chi connectivity index (χ1n) is 3.84. The molecule has 1 unspecified atom stereocenters. The number of hydrogen-bond donors (Lipinski definition) is 1. The van der Waals surface area contributed by atoms with E-state index in [0.717, 1.165) is 6.42 Å². The van der Waals surface area contributed by atoms with Gasteiger partial charge >= 0.3 is 0 Å². The van der Waals surface area contributed by atoms with Crippen LogP contribution in [0, 0.1) is 0 Å². The molecule has 3 nitrogen and oxygen atoms in total. The Bertz CT molecular complexity index is 208. The van der Waals surface area contributed by atoms with E-state index in [1.54, 1.807) is 13.8 Å². The van der Waals surface area contributed by atoms with E-state index in [-0.39, 0.29) is 0 Å². The van der Waals surface area contributed by atoms with E-state index >= 15 is 0 Å². The van der Waals surface area contributed by atoms with Crippen LogP contribution in [-0.4, -0.2) is 17.7 Å². The third-order valence-corrected chi connectivity index (χ3v) is 3.89. The third kappa shape index (κ3) is 2.45. The molecule has 0 saturated heterocycles. The lowest BCUT2D eigenvalue weighted by Crippen LogP contribution is -2.33. The van der Waals surface area contributed by atoms with Crippen molar-refractivity contribution in [1.29, 1.82) is 0 Å². The zero-order valence-corrected chi connectivity index (χ0v) is 8.11. The van der Waals surface area contributed by atoms with Gasteiger partial charge in [-0.1, -0.05) is 20.3 Å². The fourth-order valence-electron chi connectivity index (χ4n) is 1.02. The van der Waals surface area contributed by atoms with Gasteiger partial charge in [-0.05, 0) is 19.8 Å². The third-order valence-electron chi connectivity index (χ3n) is 2.15. The molecular weight excluding hydrogens is 164 g/mol. The topological polar surface area (TPSA) is 54.4 Å². The van der Waals surface area contributed by atoms with Crippen LogP contribution in [-0.2, 0) is 10.1 Å². The summed E-state index contributed by atoms with van der Waals surface area (Å²) >= 11 is 0. The van der Waals surface area contributed by atoms with E-state index < -0.39 is 14.9 Å². The highest BCUT2D eigenvalue weighted by molar-refractivity contribution is 7.87. The van der Waals surface area contributed by atoms with Crippen molar-refractivity contribution in [3.63, 3.8) is 0 Å². The Morgan fingerprint density at radius 1 is 1.36 bits per heavy atom. The van der Waals surface area contributed by atoms with E-state index in [0.29, 0.717) is 12.8 Å². The van der Waals surface area contributed by atoms with Crippen LogP contribution in [0.5, 0.6) is 0 Å². The maximum absolute atomic E-state index is 10.8. The number of rotatable bonds is 4. The Morgan fingerprint density at radius 2 is 1.82 bits per heavy atom. The molecule has 0 aromatic heterocycles. The van der Waals surface area contributed by atoms with Crippen LogP contribution in [0.25, 0.3) is 0 Å². The van der Waals surface area contributed by atoms with Crippen LogP contribution in [0.2, 0.25) is 0 Å². The van der Waals surface area contributed by atoms with Gasteiger partial charge in [0.05, 0.1) is 4.75 Å². The molecule has 11 heavy (non-hydrogen) atoms. The number of hydrogen-bond acceptors (Lipinski definition) is 2. The van der Waals surface area contributed by atoms with Crippen molar-refractivity contribution in [2.24, 2.45) is 0 Å². The van der Waals surface area contributed by atoms with Gasteiger partial charge in [-0.15, -0.1) is 0 Å². The summed E-state index contributed by atoms with van der Waals surface area (Å²) in [6.07, 6.45) is 1.74. The summed E-state index contributed by atoms with van der Waals surface area (Å²) in [6, 6.07) is 0. The zero-order valence-electron chi connectivity index (χ0n) is 7.29. The van der Waals surface area contributed by atoms with Crippen LogP contribution in [0.1, 0.15) is 40.0 Å². The van der Waals surface area contributed by atoms with E-state index in [2.05, 4.69) is 0 Å². The second kappa shape index (κ2) is 3.54. The molecule has 1 N–H and O–H groups in total. The van der Waals surface area contributed by atoms with Crippen LogP contribution in [0.15, 0.2) is 0 Å². The Labute approximate surface area is 68.6 Å². The van der Waals surface area contributed by atoms with Gasteiger partial charge in [0, 0.05) is 0 Å². The lowest BCUT2D eigenvalue weighted by molar-refractivity contribution is 0.411. The van der Waals surface area contributed by atoms with Crippen molar-refractivity contribution in [3.05, 3.63) is 0 Å². The minimum absolute atomic E-state index is 0.458. The monoisotopic (exact) mass is 180 g/mol. The first kappa shape index (κ1) is 10.9. The Morgan fingerprint density at radius 3 is 1.91 bits per heavy atom. The van der Waals surface area contributed by atoms with Crippen molar-refractivity contribution in [2.75, 3.05) is 0 Å². The molecule has 0 fully saturated rings. The van der Waals surface area contributed by atoms with Crippen molar-refractivity contribution < 1.29 is 13.0 Å². The van der Waals surface area contributed by atoms with Crippen LogP contribution < -0.4 is 0 Å². The molecule has 0 aliphatic rings. The van der Waals surface area contributed by atoms with Gasteiger partial charge in [-0.25, -0.2) is 0 Å². The fourth-order valence-corrected chi connectivity index (χ4v) is 1.84. The van der Waals surface area contributed by atoms with Crippen molar-refractivity contribution >= 4 is 10.1 Å². The highest BCUT2D eigenvalue weighted by Crippen LogP contribution is 2.25. The minimum atomic E-state index is -3.88. The molecule has 0 saturated carbocycles. The average molecular weight is 180 g/mol. The molecule has 1 atom stereocenters. The predicted molar refractivity (Wildman–Crippen MR) is 45.2 cm³/mol. The summed E-state index contributed by atoms with van der Waals surface area (Å²) in [4.78, 5) is 0. The SMILES string of the molecule is CCCC(C)(CC)S(=O)(=O)O. The molecule has 4 heteroatoms. The first-order chi connectivity index (χ1) is 4.87. The van der Waals surface area contributed by atoms with E-state index in [9.17, 15) is 8.42 Å². The van der Waals surface area contributed by atoms with Crippen molar-refractivity contribution in [3.8, 4) is 0 Å². The molecule has 0 heterocycles. The fraction of sp³-hybridized carbons (Fsp3) is 1.00. The van der Waals surface area contributed by atoms with Crippen LogP contribution in [0.4, 0.5) is 0 Å². The zero-order chi connectivity index (χ0) is 9.12. The van der Waals surface area contributed by atoms with E-state index in [1.165, 1.54) is 0 Å². The Balaban J connectivity index is 4.61. The molecule has 0 bridgehead atoms. The Kier molecular flexibility index (Phi) is 3.51. The molecule has 0 aromatic carbocycles. The van der Waals surface area contributed by atoms with Crippen LogP contribution >= 0.6 is 0 Å². The summed E-state index contributed by atoms with van der Waals surface area (Å²) < 4.78 is 29.6. The second-order valence-corrected chi connectivity index (χ2v) is 4.96. The minimum Gasteiger partial charge on any atom is -0.285 e. The summed E-state index contributed by atoms with van der Waals surface area (Å²) in [5, 5.41) is 0. The molecule has 68 valence electrons. The summed E-state index contributed by atoms with van der Waals surface area (Å²) in [6.45, 7) is 5.24. The molecular formula is C7H16O3S. The molecule has 0 rings (SSSR count). The van der Waals surface area contributed by atoms with Gasteiger partial charge in [0.25, 0.3) is 10.1 Å². The van der Waals surface area contributed by atoms with Gasteiger partial charge in [0.2, 0.25) is 0 Å². The van der Waals surface area contributed by atoms with Gasteiger partial charge in [-0.2, -0.15) is 8.42 Å². The summed E-state index contributed by atoms with van der Waals surface area (Å²) in [5.41, 5.74) is 0. The second-order valence-electron chi connectivity index (χ2n) is 3.03. The summed E-state index contributed by atoms with van der Waals surface area (Å²) in [7, 11) is -3.88. The molecule has 0 aliphatic carbocycles. The smallest absolute Gasteiger partial charge is 0.270 e. The van der Waals surface area contributed by atoms with Crippen molar-refractivity contribution in [2.45, 2.75) is 44.8 Å². The maximum atomic E-state index is 10.8. The van der Waals surface area contributed by atoms with Crippen LogP contribution in [0.3, 0.4) is 0 Å². The Hall–Kier alpha value is -0.0900. The van der Waals surface area contributed by atoms with Gasteiger partial charge in [0.15, 0.2) is 0 Å². The highest BCUT2D eigenvalue weighted by atomic mass is 32.2.